The lowest BCUT2D eigenvalue weighted by atomic mass is 9.98. The Labute approximate surface area is 183 Å². The average molecular weight is 423 g/mol. The minimum Gasteiger partial charge on any atom is -0.378 e. The number of fused-ring (bicyclic) bond motifs is 1. The van der Waals surface area contributed by atoms with Gasteiger partial charge in [0.25, 0.3) is 0 Å². The van der Waals surface area contributed by atoms with Crippen LogP contribution in [-0.4, -0.2) is 68.6 Å². The van der Waals surface area contributed by atoms with Crippen LogP contribution in [0, 0.1) is 0 Å². The van der Waals surface area contributed by atoms with E-state index in [0.29, 0.717) is 26.4 Å². The zero-order valence-corrected chi connectivity index (χ0v) is 18.1. The quantitative estimate of drug-likeness (QED) is 0.794. The predicted octanol–water partition coefficient (Wildman–Crippen LogP) is 2.86. The fraction of sp³-hybridized carbons (Fsp3) is 0.522. The van der Waals surface area contributed by atoms with Crippen LogP contribution in [-0.2, 0) is 9.47 Å². The Morgan fingerprint density at radius 2 is 1.52 bits per heavy atom. The Kier molecular flexibility index (Phi) is 5.99. The molecule has 8 heteroatoms. The molecule has 2 fully saturated rings. The van der Waals surface area contributed by atoms with Crippen molar-refractivity contribution in [2.24, 2.45) is 4.99 Å². The van der Waals surface area contributed by atoms with Crippen LogP contribution in [0.1, 0.15) is 36.9 Å². The van der Waals surface area contributed by atoms with E-state index in [0.717, 1.165) is 67.7 Å². The second kappa shape index (κ2) is 9.20. The first-order valence-corrected chi connectivity index (χ1v) is 11.3. The molecule has 2 saturated heterocycles. The minimum absolute atomic E-state index is 0.0459. The van der Waals surface area contributed by atoms with Crippen LogP contribution in [0.15, 0.2) is 35.3 Å². The van der Waals surface area contributed by atoms with E-state index in [-0.39, 0.29) is 6.04 Å². The Hall–Kier alpha value is -2.71. The van der Waals surface area contributed by atoms with Gasteiger partial charge in [-0.15, -0.1) is 10.2 Å². The van der Waals surface area contributed by atoms with Crippen molar-refractivity contribution >= 4 is 23.2 Å². The van der Waals surface area contributed by atoms with Crippen molar-refractivity contribution < 1.29 is 9.47 Å². The standard InChI is InChI=1S/C23H30N6O2/c1-2-6-18-19-20(25-21(24-18)17-7-4-3-5-8-17)23(29-11-15-31-16-12-29)27-26-22(19)28-9-13-30-14-10-28/h3-5,7-8,18H,2,6,9-16H2,1H3,(H,24,25). The third-order valence-corrected chi connectivity index (χ3v) is 6.07. The zero-order valence-electron chi connectivity index (χ0n) is 18.1. The zero-order chi connectivity index (χ0) is 21.0. The topological polar surface area (TPSA) is 75.1 Å². The fourth-order valence-electron chi connectivity index (χ4n) is 4.47. The molecule has 31 heavy (non-hydrogen) atoms. The van der Waals surface area contributed by atoms with E-state index < -0.39 is 0 Å². The first-order chi connectivity index (χ1) is 15.3. The van der Waals surface area contributed by atoms with E-state index in [1.807, 2.05) is 6.07 Å². The second-order valence-electron chi connectivity index (χ2n) is 8.11. The first kappa shape index (κ1) is 20.2. The minimum atomic E-state index is 0.0459. The van der Waals surface area contributed by atoms with Gasteiger partial charge in [0.1, 0.15) is 5.84 Å². The van der Waals surface area contributed by atoms with Crippen LogP contribution in [0.3, 0.4) is 0 Å². The molecule has 0 saturated carbocycles. The Morgan fingerprint density at radius 1 is 0.903 bits per heavy atom. The number of hydrogen-bond donors (Lipinski definition) is 1. The number of nitrogens with one attached hydrogen (secondary N) is 1. The van der Waals surface area contributed by atoms with Crippen molar-refractivity contribution in [3.63, 3.8) is 0 Å². The van der Waals surface area contributed by atoms with Crippen LogP contribution in [0.2, 0.25) is 0 Å². The molecule has 1 aromatic heterocycles. The monoisotopic (exact) mass is 422 g/mol. The second-order valence-corrected chi connectivity index (χ2v) is 8.11. The molecule has 1 N–H and O–H groups in total. The normalized spacial score (nSPS) is 21.3. The maximum absolute atomic E-state index is 5.58. The SMILES string of the molecule is CCCC1N=C(c2ccccc2)Nc2c(N3CCOCC3)nnc(N3CCOCC3)c21. The van der Waals surface area contributed by atoms with Crippen LogP contribution < -0.4 is 15.1 Å². The van der Waals surface area contributed by atoms with Crippen molar-refractivity contribution in [3.05, 3.63) is 41.5 Å². The molecule has 3 aliphatic rings. The molecule has 2 aromatic rings. The number of anilines is 3. The Morgan fingerprint density at radius 3 is 2.16 bits per heavy atom. The predicted molar refractivity (Wildman–Crippen MR) is 122 cm³/mol. The van der Waals surface area contributed by atoms with Crippen molar-refractivity contribution in [1.82, 2.24) is 10.2 Å². The molecule has 0 aliphatic carbocycles. The number of hydrogen-bond acceptors (Lipinski definition) is 8. The lowest BCUT2D eigenvalue weighted by molar-refractivity contribution is 0.121. The van der Waals surface area contributed by atoms with Crippen molar-refractivity contribution in [1.29, 1.82) is 0 Å². The summed E-state index contributed by atoms with van der Waals surface area (Å²) in [5.74, 6) is 2.75. The molecule has 8 nitrogen and oxygen atoms in total. The summed E-state index contributed by atoms with van der Waals surface area (Å²) in [6.45, 7) is 8.34. The van der Waals surface area contributed by atoms with Gasteiger partial charge >= 0.3 is 0 Å². The van der Waals surface area contributed by atoms with Gasteiger partial charge in [0, 0.05) is 37.3 Å². The summed E-state index contributed by atoms with van der Waals surface area (Å²) < 4.78 is 11.2. The highest BCUT2D eigenvalue weighted by atomic mass is 16.5. The van der Waals surface area contributed by atoms with Crippen molar-refractivity contribution in [2.75, 3.05) is 67.7 Å². The van der Waals surface area contributed by atoms with Crippen molar-refractivity contribution in [3.8, 4) is 0 Å². The molecule has 1 aromatic carbocycles. The number of aromatic nitrogens is 2. The molecule has 0 bridgehead atoms. The van der Waals surface area contributed by atoms with Gasteiger partial charge in [0.15, 0.2) is 11.6 Å². The summed E-state index contributed by atoms with van der Waals surface area (Å²) in [5.41, 5.74) is 3.30. The maximum atomic E-state index is 5.58. The Bertz CT molecular complexity index is 923. The lowest BCUT2D eigenvalue weighted by Crippen LogP contribution is -2.40. The molecule has 1 atom stereocenters. The first-order valence-electron chi connectivity index (χ1n) is 11.3. The van der Waals surface area contributed by atoms with Gasteiger partial charge in [-0.2, -0.15) is 0 Å². The molecule has 4 heterocycles. The number of nitrogens with zero attached hydrogens (tertiary/aromatic N) is 5. The molecular weight excluding hydrogens is 392 g/mol. The fourth-order valence-corrected chi connectivity index (χ4v) is 4.47. The number of rotatable bonds is 5. The highest BCUT2D eigenvalue weighted by molar-refractivity contribution is 6.11. The molecule has 0 amide bonds. The molecule has 5 rings (SSSR count). The number of ether oxygens (including phenoxy) is 2. The highest BCUT2D eigenvalue weighted by Crippen LogP contribution is 2.43. The van der Waals surface area contributed by atoms with E-state index in [2.05, 4.69) is 46.3 Å². The largest absolute Gasteiger partial charge is 0.378 e. The van der Waals surface area contributed by atoms with Crippen LogP contribution in [0.4, 0.5) is 17.3 Å². The van der Waals surface area contributed by atoms with E-state index in [1.165, 1.54) is 5.56 Å². The molecule has 0 radical (unpaired) electrons. The third-order valence-electron chi connectivity index (χ3n) is 6.07. The molecule has 164 valence electrons. The summed E-state index contributed by atoms with van der Waals surface area (Å²) in [7, 11) is 0. The molecule has 3 aliphatic heterocycles. The van der Waals surface area contributed by atoms with Crippen LogP contribution in [0.5, 0.6) is 0 Å². The average Bonchev–Trinajstić information content (AvgIpc) is 2.85. The Balaban J connectivity index is 1.62. The van der Waals surface area contributed by atoms with Crippen LogP contribution in [0.25, 0.3) is 0 Å². The van der Waals surface area contributed by atoms with E-state index >= 15 is 0 Å². The molecule has 0 spiro atoms. The van der Waals surface area contributed by atoms with E-state index in [4.69, 9.17) is 24.7 Å². The van der Waals surface area contributed by atoms with Gasteiger partial charge in [-0.3, -0.25) is 4.99 Å². The van der Waals surface area contributed by atoms with Gasteiger partial charge in [-0.05, 0) is 6.42 Å². The third kappa shape index (κ3) is 4.09. The van der Waals surface area contributed by atoms with Gasteiger partial charge < -0.3 is 24.6 Å². The van der Waals surface area contributed by atoms with E-state index in [1.54, 1.807) is 0 Å². The number of aliphatic imine (C=N–C) groups is 1. The van der Waals surface area contributed by atoms with Crippen molar-refractivity contribution in [2.45, 2.75) is 25.8 Å². The summed E-state index contributed by atoms with van der Waals surface area (Å²) in [6, 6.07) is 10.4. The van der Waals surface area contributed by atoms with Gasteiger partial charge in [-0.25, -0.2) is 0 Å². The number of benzene rings is 1. The van der Waals surface area contributed by atoms with E-state index in [9.17, 15) is 0 Å². The summed E-state index contributed by atoms with van der Waals surface area (Å²) in [6.07, 6.45) is 2.02. The summed E-state index contributed by atoms with van der Waals surface area (Å²) in [5, 5.41) is 13.1. The number of morpholine rings is 2. The lowest BCUT2D eigenvalue weighted by Gasteiger charge is -2.36. The maximum Gasteiger partial charge on any atom is 0.175 e. The smallest absolute Gasteiger partial charge is 0.175 e. The molecular formula is C23H30N6O2. The van der Waals surface area contributed by atoms with Gasteiger partial charge in [0.2, 0.25) is 0 Å². The number of amidine groups is 1. The molecule has 1 unspecified atom stereocenters. The highest BCUT2D eigenvalue weighted by Gasteiger charge is 2.33. The van der Waals surface area contributed by atoms with Gasteiger partial charge in [0.05, 0.1) is 38.2 Å². The van der Waals surface area contributed by atoms with Crippen LogP contribution >= 0.6 is 0 Å². The summed E-state index contributed by atoms with van der Waals surface area (Å²) >= 11 is 0. The summed E-state index contributed by atoms with van der Waals surface area (Å²) in [4.78, 5) is 9.74. The van der Waals surface area contributed by atoms with Gasteiger partial charge in [-0.1, -0.05) is 43.7 Å².